The summed E-state index contributed by atoms with van der Waals surface area (Å²) in [6.07, 6.45) is 13.9. The van der Waals surface area contributed by atoms with Crippen LogP contribution in [-0.4, -0.2) is 21.6 Å². The van der Waals surface area contributed by atoms with E-state index in [2.05, 4.69) is 10.3 Å². The number of ether oxygens (including phenoxy) is 2. The first-order valence-corrected chi connectivity index (χ1v) is 14.8. The molecule has 0 radical (unpaired) electrons. The van der Waals surface area contributed by atoms with Crippen molar-refractivity contribution in [3.63, 3.8) is 0 Å². The number of rotatable bonds is 17. The lowest BCUT2D eigenvalue weighted by molar-refractivity contribution is 0.301. The van der Waals surface area contributed by atoms with Crippen LogP contribution in [-0.2, 0) is 13.2 Å². The van der Waals surface area contributed by atoms with Crippen LogP contribution in [0.25, 0.3) is 21.9 Å². The summed E-state index contributed by atoms with van der Waals surface area (Å²) in [5.74, 6) is 1.36. The molecule has 3 aromatic heterocycles. The Kier molecular flexibility index (Phi) is 10.4. The van der Waals surface area contributed by atoms with Gasteiger partial charge in [0.2, 0.25) is 0 Å². The number of benzene rings is 2. The second-order valence-electron chi connectivity index (χ2n) is 10.6. The largest absolute Gasteiger partial charge is 0.493 e. The van der Waals surface area contributed by atoms with E-state index in [-0.39, 0.29) is 11.3 Å². The monoisotopic (exact) mass is 571 g/mol. The van der Waals surface area contributed by atoms with Crippen LogP contribution in [0.3, 0.4) is 0 Å². The van der Waals surface area contributed by atoms with E-state index in [1.54, 1.807) is 24.3 Å². The molecular formula is C33H37N3O6. The summed E-state index contributed by atoms with van der Waals surface area (Å²) in [7, 11) is 0. The zero-order chi connectivity index (χ0) is 29.0. The smallest absolute Gasteiger partial charge is 0.336 e. The number of aryl methyl sites for hydroxylation is 1. The zero-order valence-electron chi connectivity index (χ0n) is 23.8. The molecular weight excluding hydrogens is 534 g/mol. The van der Waals surface area contributed by atoms with Crippen molar-refractivity contribution in [3.05, 3.63) is 93.4 Å². The summed E-state index contributed by atoms with van der Waals surface area (Å²) in [5.41, 5.74) is 1.10. The molecule has 0 aliphatic rings. The summed E-state index contributed by atoms with van der Waals surface area (Å²) in [6.45, 7) is 1.83. The fraction of sp³-hybridized carbons (Fsp3) is 0.394. The van der Waals surface area contributed by atoms with Crippen LogP contribution in [0.5, 0.6) is 11.5 Å². The van der Waals surface area contributed by atoms with Gasteiger partial charge in [-0.2, -0.15) is 0 Å². The van der Waals surface area contributed by atoms with Crippen LogP contribution in [0, 0.1) is 0 Å². The topological polar surface area (TPSA) is 110 Å². The predicted octanol–water partition coefficient (Wildman–Crippen LogP) is 7.05. The summed E-state index contributed by atoms with van der Waals surface area (Å²) in [6, 6.07) is 17.4. The highest BCUT2D eigenvalue weighted by atomic mass is 16.5. The van der Waals surface area contributed by atoms with Gasteiger partial charge in [-0.15, -0.1) is 5.10 Å². The Hall–Kier alpha value is -4.40. The summed E-state index contributed by atoms with van der Waals surface area (Å²) >= 11 is 0. The average molecular weight is 572 g/mol. The molecule has 0 bridgehead atoms. The van der Waals surface area contributed by atoms with E-state index in [9.17, 15) is 9.59 Å². The van der Waals surface area contributed by atoms with Gasteiger partial charge in [-0.1, -0.05) is 56.6 Å². The third-order valence-electron chi connectivity index (χ3n) is 7.21. The van der Waals surface area contributed by atoms with Gasteiger partial charge in [0.15, 0.2) is 0 Å². The highest BCUT2D eigenvalue weighted by Crippen LogP contribution is 2.21. The van der Waals surface area contributed by atoms with Crippen molar-refractivity contribution in [2.24, 2.45) is 0 Å². The lowest BCUT2D eigenvalue weighted by Crippen LogP contribution is -1.99. The Balaban J connectivity index is 0.858. The minimum absolute atomic E-state index is 0.306. The molecule has 0 aliphatic carbocycles. The van der Waals surface area contributed by atoms with E-state index < -0.39 is 0 Å². The molecule has 9 nitrogen and oxygen atoms in total. The molecule has 0 amide bonds. The summed E-state index contributed by atoms with van der Waals surface area (Å²) in [5, 5.41) is 10.2. The Morgan fingerprint density at radius 3 is 1.76 bits per heavy atom. The van der Waals surface area contributed by atoms with Crippen LogP contribution >= 0.6 is 0 Å². The molecule has 0 unspecified atom stereocenters. The minimum Gasteiger partial charge on any atom is -0.493 e. The molecule has 5 rings (SSSR count). The molecule has 0 saturated carbocycles. The fourth-order valence-corrected chi connectivity index (χ4v) is 4.91. The predicted molar refractivity (Wildman–Crippen MR) is 161 cm³/mol. The number of hydrogen-bond acceptors (Lipinski definition) is 8. The van der Waals surface area contributed by atoms with Crippen molar-refractivity contribution in [1.29, 1.82) is 0 Å². The van der Waals surface area contributed by atoms with Crippen LogP contribution in [0.2, 0.25) is 0 Å². The van der Waals surface area contributed by atoms with Gasteiger partial charge in [0.1, 0.15) is 35.0 Å². The molecule has 5 aromatic rings. The lowest BCUT2D eigenvalue weighted by atomic mass is 10.1. The molecule has 0 fully saturated rings. The Labute approximate surface area is 244 Å². The zero-order valence-corrected chi connectivity index (χ0v) is 23.8. The lowest BCUT2D eigenvalue weighted by Gasteiger charge is -2.07. The van der Waals surface area contributed by atoms with E-state index in [1.807, 2.05) is 35.1 Å². The molecule has 0 atom stereocenters. The maximum Gasteiger partial charge on any atom is 0.336 e. The number of fused-ring (bicyclic) bond motifs is 2. The van der Waals surface area contributed by atoms with Gasteiger partial charge < -0.3 is 18.3 Å². The number of unbranched alkanes of at least 4 members (excludes halogenated alkanes) is 9. The normalized spacial score (nSPS) is 11.3. The highest BCUT2D eigenvalue weighted by Gasteiger charge is 2.05. The van der Waals surface area contributed by atoms with Crippen molar-refractivity contribution in [2.75, 3.05) is 6.61 Å². The Bertz CT molecular complexity index is 1690. The summed E-state index contributed by atoms with van der Waals surface area (Å²) < 4.78 is 23.9. The second kappa shape index (κ2) is 15.0. The summed E-state index contributed by atoms with van der Waals surface area (Å²) in [4.78, 5) is 22.8. The van der Waals surface area contributed by atoms with Gasteiger partial charge in [-0.05, 0) is 49.2 Å². The van der Waals surface area contributed by atoms with Crippen molar-refractivity contribution in [2.45, 2.75) is 77.4 Å². The third-order valence-corrected chi connectivity index (χ3v) is 7.21. The first-order chi connectivity index (χ1) is 20.6. The van der Waals surface area contributed by atoms with Gasteiger partial charge in [0.05, 0.1) is 12.8 Å². The quantitative estimate of drug-likeness (QED) is 0.0863. The van der Waals surface area contributed by atoms with Gasteiger partial charge in [0, 0.05) is 41.6 Å². The van der Waals surface area contributed by atoms with E-state index in [0.717, 1.165) is 48.0 Å². The van der Waals surface area contributed by atoms with E-state index >= 15 is 0 Å². The Morgan fingerprint density at radius 1 is 0.619 bits per heavy atom. The molecule has 9 heteroatoms. The van der Waals surface area contributed by atoms with Gasteiger partial charge in [-0.3, -0.25) is 4.68 Å². The van der Waals surface area contributed by atoms with Gasteiger partial charge >= 0.3 is 11.3 Å². The molecule has 3 heterocycles. The van der Waals surface area contributed by atoms with E-state index in [4.69, 9.17) is 18.3 Å². The van der Waals surface area contributed by atoms with Gasteiger partial charge in [0.25, 0.3) is 0 Å². The van der Waals surface area contributed by atoms with Crippen molar-refractivity contribution < 1.29 is 18.3 Å². The number of nitrogens with zero attached hydrogens (tertiary/aromatic N) is 3. The number of aromatic nitrogens is 3. The molecule has 0 N–H and O–H groups in total. The van der Waals surface area contributed by atoms with Crippen LogP contribution in [0.1, 0.15) is 69.9 Å². The molecule has 0 aliphatic heterocycles. The van der Waals surface area contributed by atoms with E-state index in [1.165, 1.54) is 57.1 Å². The minimum atomic E-state index is -0.380. The average Bonchev–Trinajstić information content (AvgIpc) is 3.45. The van der Waals surface area contributed by atoms with Crippen LogP contribution < -0.4 is 20.7 Å². The Morgan fingerprint density at radius 2 is 1.14 bits per heavy atom. The van der Waals surface area contributed by atoms with Crippen molar-refractivity contribution in [3.8, 4) is 11.5 Å². The maximum absolute atomic E-state index is 11.4. The first kappa shape index (κ1) is 29.1. The first-order valence-electron chi connectivity index (χ1n) is 14.8. The van der Waals surface area contributed by atoms with Crippen LogP contribution in [0.4, 0.5) is 0 Å². The van der Waals surface area contributed by atoms with Crippen molar-refractivity contribution in [1.82, 2.24) is 15.0 Å². The second-order valence-corrected chi connectivity index (χ2v) is 10.6. The third kappa shape index (κ3) is 8.80. The molecule has 0 spiro atoms. The number of hydrogen-bond donors (Lipinski definition) is 0. The van der Waals surface area contributed by atoms with Crippen molar-refractivity contribution >= 4 is 21.9 Å². The standard InChI is InChI=1S/C33H37N3O6/c37-32-17-13-25-11-15-28(21-30(25)41-32)39-20-10-8-6-4-2-1-3-5-7-9-19-36-23-27(34-35-36)24-40-29-16-12-26-14-18-33(38)42-31(26)22-29/h11-18,21-23H,1-10,19-20,24H2. The molecule has 220 valence electrons. The SMILES string of the molecule is O=c1ccc2ccc(OCCCCCCCCCCCCn3cc(COc4ccc5ccc(=O)oc5c4)nn3)cc2o1. The molecule has 0 saturated heterocycles. The van der Waals surface area contributed by atoms with Gasteiger partial charge in [-0.25, -0.2) is 9.59 Å². The maximum atomic E-state index is 11.4. The van der Waals surface area contributed by atoms with Crippen LogP contribution in [0.15, 0.2) is 85.3 Å². The highest BCUT2D eigenvalue weighted by molar-refractivity contribution is 5.78. The van der Waals surface area contributed by atoms with E-state index in [0.29, 0.717) is 30.1 Å². The molecule has 2 aromatic carbocycles. The molecule has 42 heavy (non-hydrogen) atoms. The fourth-order valence-electron chi connectivity index (χ4n) is 4.91.